The van der Waals surface area contributed by atoms with Crippen molar-refractivity contribution in [1.29, 1.82) is 0 Å². The van der Waals surface area contributed by atoms with Crippen molar-refractivity contribution in [2.75, 3.05) is 0 Å². The molecule has 6 heteroatoms. The molecule has 1 heterocycles. The molecule has 122 valence electrons. The molecule has 24 heavy (non-hydrogen) atoms. The number of nitrogens with one attached hydrogen (secondary N) is 1. The van der Waals surface area contributed by atoms with E-state index in [9.17, 15) is 19.1 Å². The van der Waals surface area contributed by atoms with Gasteiger partial charge in [-0.2, -0.15) is 0 Å². The van der Waals surface area contributed by atoms with Crippen molar-refractivity contribution < 1.29 is 19.1 Å². The Morgan fingerprint density at radius 1 is 1.08 bits per heavy atom. The highest BCUT2D eigenvalue weighted by atomic mass is 32.1. The molecule has 0 bridgehead atoms. The first-order valence-corrected chi connectivity index (χ1v) is 8.11. The zero-order valence-electron chi connectivity index (χ0n) is 12.6. The third-order valence-electron chi connectivity index (χ3n) is 3.66. The Morgan fingerprint density at radius 2 is 1.79 bits per heavy atom. The summed E-state index contributed by atoms with van der Waals surface area (Å²) in [5.41, 5.74) is 0.883. The molecule has 4 nitrogen and oxygen atoms in total. The number of carbonyl (C=O) groups excluding carboxylic acids is 1. The second-order valence-corrected chi connectivity index (χ2v) is 6.31. The number of hydrogen-bond donors (Lipinski definition) is 2. The second kappa shape index (κ2) is 6.80. The number of benzene rings is 2. The van der Waals surface area contributed by atoms with Crippen molar-refractivity contribution in [2.45, 2.75) is 13.0 Å². The second-order valence-electron chi connectivity index (χ2n) is 5.26. The van der Waals surface area contributed by atoms with Gasteiger partial charge in [-0.25, -0.2) is 9.18 Å². The van der Waals surface area contributed by atoms with E-state index in [1.807, 2.05) is 24.3 Å². The lowest BCUT2D eigenvalue weighted by atomic mass is 10.1. The zero-order valence-corrected chi connectivity index (χ0v) is 13.4. The highest BCUT2D eigenvalue weighted by Gasteiger charge is 2.18. The average Bonchev–Trinajstić information content (AvgIpc) is 2.94. The molecule has 3 aromatic rings. The fraction of sp³-hybridized carbons (Fsp3) is 0.111. The Kier molecular flexibility index (Phi) is 4.57. The fourth-order valence-corrected chi connectivity index (χ4v) is 3.57. The number of carboxylic acids is 1. The number of halogens is 1. The van der Waals surface area contributed by atoms with Crippen LogP contribution in [0.4, 0.5) is 4.39 Å². The number of carbonyl (C=O) groups is 2. The largest absolute Gasteiger partial charge is 0.477 e. The Labute approximate surface area is 141 Å². The maximum Gasteiger partial charge on any atom is 0.346 e. The number of fused-ring (bicyclic) bond motifs is 1. The van der Waals surface area contributed by atoms with E-state index < -0.39 is 11.8 Å². The summed E-state index contributed by atoms with van der Waals surface area (Å²) in [6.45, 7) is 0.0962. The van der Waals surface area contributed by atoms with Gasteiger partial charge in [0.2, 0.25) is 5.91 Å². The van der Waals surface area contributed by atoms with Gasteiger partial charge in [-0.15, -0.1) is 11.3 Å². The molecule has 2 N–H and O–H groups in total. The summed E-state index contributed by atoms with van der Waals surface area (Å²) in [7, 11) is 0. The number of hydrogen-bond acceptors (Lipinski definition) is 3. The summed E-state index contributed by atoms with van der Waals surface area (Å²) in [6.07, 6.45) is -0.0862. The minimum Gasteiger partial charge on any atom is -0.477 e. The van der Waals surface area contributed by atoms with E-state index in [0.29, 0.717) is 11.1 Å². The van der Waals surface area contributed by atoms with Gasteiger partial charge in [0.1, 0.15) is 10.7 Å². The van der Waals surface area contributed by atoms with E-state index in [2.05, 4.69) is 5.32 Å². The van der Waals surface area contributed by atoms with Crippen molar-refractivity contribution >= 4 is 33.3 Å². The van der Waals surface area contributed by atoms with Gasteiger partial charge < -0.3 is 10.4 Å². The van der Waals surface area contributed by atoms with Crippen LogP contribution < -0.4 is 5.32 Å². The summed E-state index contributed by atoms with van der Waals surface area (Å²) in [5.74, 6) is -1.80. The molecule has 0 unspecified atom stereocenters. The number of thiophene rings is 1. The van der Waals surface area contributed by atoms with Crippen LogP contribution in [-0.4, -0.2) is 17.0 Å². The molecule has 0 saturated heterocycles. The van der Waals surface area contributed by atoms with E-state index in [-0.39, 0.29) is 23.7 Å². The minimum atomic E-state index is -1.02. The van der Waals surface area contributed by atoms with E-state index in [1.54, 1.807) is 18.2 Å². The van der Waals surface area contributed by atoms with Crippen LogP contribution in [0.1, 0.15) is 20.8 Å². The van der Waals surface area contributed by atoms with Crippen LogP contribution in [0.15, 0.2) is 48.5 Å². The smallest absolute Gasteiger partial charge is 0.346 e. The number of amides is 1. The molecular formula is C18H14FNO3S. The lowest BCUT2D eigenvalue weighted by Gasteiger charge is -2.07. The summed E-state index contributed by atoms with van der Waals surface area (Å²) in [5, 5.41) is 12.8. The van der Waals surface area contributed by atoms with E-state index >= 15 is 0 Å². The van der Waals surface area contributed by atoms with E-state index in [1.165, 1.54) is 17.4 Å². The van der Waals surface area contributed by atoms with Crippen LogP contribution >= 0.6 is 11.3 Å². The van der Waals surface area contributed by atoms with E-state index in [4.69, 9.17) is 0 Å². The van der Waals surface area contributed by atoms with E-state index in [0.717, 1.165) is 10.1 Å². The molecule has 0 radical (unpaired) electrons. The van der Waals surface area contributed by atoms with Gasteiger partial charge in [-0.05, 0) is 23.1 Å². The summed E-state index contributed by atoms with van der Waals surface area (Å²) < 4.78 is 14.4. The van der Waals surface area contributed by atoms with Gasteiger partial charge in [0.05, 0.1) is 6.42 Å². The lowest BCUT2D eigenvalue weighted by Crippen LogP contribution is -2.25. The molecule has 0 atom stereocenters. The molecule has 0 aliphatic rings. The molecule has 1 aromatic heterocycles. The Morgan fingerprint density at radius 3 is 2.54 bits per heavy atom. The van der Waals surface area contributed by atoms with Crippen LogP contribution in [0.5, 0.6) is 0 Å². The highest BCUT2D eigenvalue weighted by Crippen LogP contribution is 2.31. The van der Waals surface area contributed by atoms with Crippen molar-refractivity contribution in [3.63, 3.8) is 0 Å². The summed E-state index contributed by atoms with van der Waals surface area (Å²) in [4.78, 5) is 23.7. The molecule has 3 rings (SSSR count). The molecule has 0 spiro atoms. The number of rotatable bonds is 5. The summed E-state index contributed by atoms with van der Waals surface area (Å²) >= 11 is 1.18. The van der Waals surface area contributed by atoms with Crippen LogP contribution in [0.2, 0.25) is 0 Å². The monoisotopic (exact) mass is 343 g/mol. The molecule has 0 saturated carbocycles. The van der Waals surface area contributed by atoms with Crippen molar-refractivity contribution in [2.24, 2.45) is 0 Å². The summed E-state index contributed by atoms with van der Waals surface area (Å²) in [6, 6.07) is 13.4. The van der Waals surface area contributed by atoms with Gasteiger partial charge >= 0.3 is 5.97 Å². The Balaban J connectivity index is 1.78. The first-order valence-electron chi connectivity index (χ1n) is 7.30. The maximum absolute atomic E-state index is 13.6. The molecule has 0 aliphatic heterocycles. The predicted octanol–water partition coefficient (Wildman–Crippen LogP) is 3.60. The third kappa shape index (κ3) is 3.28. The first kappa shape index (κ1) is 16.1. The van der Waals surface area contributed by atoms with Gasteiger partial charge in [-0.1, -0.05) is 36.4 Å². The van der Waals surface area contributed by atoms with Crippen molar-refractivity contribution in [1.82, 2.24) is 5.32 Å². The molecule has 0 fully saturated rings. The molecule has 1 amide bonds. The van der Waals surface area contributed by atoms with Crippen molar-refractivity contribution in [3.05, 3.63) is 70.4 Å². The van der Waals surface area contributed by atoms with Crippen LogP contribution in [0.3, 0.4) is 0 Å². The maximum atomic E-state index is 13.6. The highest BCUT2D eigenvalue weighted by molar-refractivity contribution is 7.21. The van der Waals surface area contributed by atoms with Crippen LogP contribution in [0.25, 0.3) is 10.1 Å². The predicted molar refractivity (Wildman–Crippen MR) is 90.7 cm³/mol. The quantitative estimate of drug-likeness (QED) is 0.744. The Hall–Kier alpha value is -2.73. The van der Waals surface area contributed by atoms with Gasteiger partial charge in [0, 0.05) is 16.8 Å². The molecule has 2 aromatic carbocycles. The minimum absolute atomic E-state index is 0.0862. The molecular weight excluding hydrogens is 329 g/mol. The lowest BCUT2D eigenvalue weighted by molar-refractivity contribution is -0.120. The first-order chi connectivity index (χ1) is 11.6. The normalized spacial score (nSPS) is 10.7. The van der Waals surface area contributed by atoms with Crippen LogP contribution in [-0.2, 0) is 17.8 Å². The third-order valence-corrected chi connectivity index (χ3v) is 4.86. The zero-order chi connectivity index (χ0) is 17.1. The van der Waals surface area contributed by atoms with Crippen LogP contribution in [0, 0.1) is 5.82 Å². The topological polar surface area (TPSA) is 66.4 Å². The van der Waals surface area contributed by atoms with Gasteiger partial charge in [0.25, 0.3) is 0 Å². The fourth-order valence-electron chi connectivity index (χ4n) is 2.51. The number of aromatic carboxylic acids is 1. The Bertz CT molecular complexity index is 920. The SMILES string of the molecule is O=C(Cc1ccccc1F)NCc1c(C(=O)O)sc2ccccc12. The molecule has 0 aliphatic carbocycles. The number of carboxylic acid groups (broad SMARTS) is 1. The average molecular weight is 343 g/mol. The van der Waals surface area contributed by atoms with Crippen molar-refractivity contribution in [3.8, 4) is 0 Å². The standard InChI is InChI=1S/C18H14FNO3S/c19-14-7-3-1-5-11(14)9-16(21)20-10-13-12-6-2-4-8-15(12)24-17(13)18(22)23/h1-8H,9-10H2,(H,20,21)(H,22,23). The van der Waals surface area contributed by atoms with Gasteiger partial charge in [-0.3, -0.25) is 4.79 Å². The van der Waals surface area contributed by atoms with Gasteiger partial charge in [0.15, 0.2) is 0 Å².